The number of fused-ring (bicyclic) bond motifs is 1. The second-order valence-corrected chi connectivity index (χ2v) is 5.39. The Kier molecular flexibility index (Phi) is 3.78. The number of nitrogens with one attached hydrogen (secondary N) is 1. The zero-order valence-corrected chi connectivity index (χ0v) is 12.3. The molecule has 0 spiro atoms. The summed E-state index contributed by atoms with van der Waals surface area (Å²) in [6.07, 6.45) is 1.80. The van der Waals surface area contributed by atoms with E-state index in [0.29, 0.717) is 0 Å². The molecule has 0 saturated heterocycles. The number of halogens is 1. The summed E-state index contributed by atoms with van der Waals surface area (Å²) in [5, 5.41) is 1.11. The molecule has 3 nitrogen and oxygen atoms in total. The second-order valence-electron chi connectivity index (χ2n) is 4.54. The average molecular weight is 328 g/mol. The molecule has 1 heterocycles. The summed E-state index contributed by atoms with van der Waals surface area (Å²) in [4.78, 5) is 4.39. The van der Waals surface area contributed by atoms with Crippen LogP contribution < -0.4 is 11.3 Å². The van der Waals surface area contributed by atoms with Crippen LogP contribution in [-0.4, -0.2) is 4.98 Å². The van der Waals surface area contributed by atoms with Crippen molar-refractivity contribution < 1.29 is 0 Å². The molecule has 0 fully saturated rings. The molecule has 1 aromatic heterocycles. The number of nitrogens with two attached hydrogens (primary N) is 1. The fourth-order valence-electron chi connectivity index (χ4n) is 2.44. The Morgan fingerprint density at radius 1 is 0.950 bits per heavy atom. The fourth-order valence-corrected chi connectivity index (χ4v) is 2.95. The highest BCUT2D eigenvalue weighted by Crippen LogP contribution is 2.31. The van der Waals surface area contributed by atoms with Gasteiger partial charge in [0.15, 0.2) is 0 Å². The number of benzene rings is 2. The lowest BCUT2D eigenvalue weighted by atomic mass is 9.96. The largest absolute Gasteiger partial charge is 0.271 e. The van der Waals surface area contributed by atoms with Crippen molar-refractivity contribution in [1.82, 2.24) is 10.4 Å². The van der Waals surface area contributed by atoms with Crippen molar-refractivity contribution in [1.29, 1.82) is 0 Å². The quantitative estimate of drug-likeness (QED) is 0.571. The molecule has 1 unspecified atom stereocenters. The number of hydrogen-bond donors (Lipinski definition) is 2. The lowest BCUT2D eigenvalue weighted by molar-refractivity contribution is 0.638. The lowest BCUT2D eigenvalue weighted by Gasteiger charge is -2.20. The van der Waals surface area contributed by atoms with Gasteiger partial charge in [0, 0.05) is 16.1 Å². The van der Waals surface area contributed by atoms with E-state index < -0.39 is 0 Å². The monoisotopic (exact) mass is 327 g/mol. The van der Waals surface area contributed by atoms with E-state index in [-0.39, 0.29) is 6.04 Å². The van der Waals surface area contributed by atoms with Crippen LogP contribution in [0.4, 0.5) is 0 Å². The van der Waals surface area contributed by atoms with Gasteiger partial charge < -0.3 is 0 Å². The molecule has 0 aliphatic rings. The highest BCUT2D eigenvalue weighted by molar-refractivity contribution is 9.10. The van der Waals surface area contributed by atoms with Gasteiger partial charge in [-0.2, -0.15) is 0 Å². The molecule has 2 aromatic carbocycles. The summed E-state index contributed by atoms with van der Waals surface area (Å²) < 4.78 is 1.03. The third kappa shape index (κ3) is 2.33. The number of hydrogen-bond acceptors (Lipinski definition) is 3. The number of hydrazine groups is 1. The van der Waals surface area contributed by atoms with E-state index in [4.69, 9.17) is 5.84 Å². The first-order chi connectivity index (χ1) is 9.81. The van der Waals surface area contributed by atoms with Gasteiger partial charge in [0.2, 0.25) is 0 Å². The van der Waals surface area contributed by atoms with Crippen molar-refractivity contribution >= 4 is 26.8 Å². The van der Waals surface area contributed by atoms with Crippen LogP contribution in [0.2, 0.25) is 0 Å². The molecule has 0 radical (unpaired) electrons. The predicted molar refractivity (Wildman–Crippen MR) is 85.1 cm³/mol. The maximum Gasteiger partial charge on any atom is 0.0727 e. The summed E-state index contributed by atoms with van der Waals surface area (Å²) in [6, 6.07) is 18.1. The second kappa shape index (κ2) is 5.71. The summed E-state index contributed by atoms with van der Waals surface area (Å²) in [5.74, 6) is 5.81. The molecule has 3 rings (SSSR count). The third-order valence-corrected chi connectivity index (χ3v) is 4.10. The lowest BCUT2D eigenvalue weighted by Crippen LogP contribution is -2.29. The molecule has 0 bridgehead atoms. The van der Waals surface area contributed by atoms with Crippen LogP contribution in [0.15, 0.2) is 65.3 Å². The Bertz CT molecular complexity index is 737. The maximum atomic E-state index is 5.81. The van der Waals surface area contributed by atoms with Gasteiger partial charge in [0.1, 0.15) is 0 Å². The van der Waals surface area contributed by atoms with Gasteiger partial charge in [-0.3, -0.25) is 10.8 Å². The van der Waals surface area contributed by atoms with Crippen molar-refractivity contribution in [2.75, 3.05) is 0 Å². The zero-order valence-electron chi connectivity index (χ0n) is 10.8. The highest BCUT2D eigenvalue weighted by atomic mass is 79.9. The first kappa shape index (κ1) is 13.2. The first-order valence-electron chi connectivity index (χ1n) is 6.35. The van der Waals surface area contributed by atoms with E-state index in [0.717, 1.165) is 26.5 Å². The minimum Gasteiger partial charge on any atom is -0.271 e. The van der Waals surface area contributed by atoms with Crippen molar-refractivity contribution in [3.8, 4) is 0 Å². The van der Waals surface area contributed by atoms with Crippen LogP contribution >= 0.6 is 15.9 Å². The van der Waals surface area contributed by atoms with Gasteiger partial charge >= 0.3 is 0 Å². The summed E-state index contributed by atoms with van der Waals surface area (Å²) in [7, 11) is 0. The summed E-state index contributed by atoms with van der Waals surface area (Å²) in [5.41, 5.74) is 6.10. The molecule has 3 N–H and O–H groups in total. The standard InChI is InChI=1S/C16H14BrN3/c17-14-8-2-1-5-13(14)16(20-18)12-6-3-9-15-11(12)7-4-10-19-15/h1-10,16,20H,18H2. The molecular formula is C16H14BrN3. The van der Waals surface area contributed by atoms with Crippen LogP contribution in [0.25, 0.3) is 10.9 Å². The first-order valence-corrected chi connectivity index (χ1v) is 7.15. The van der Waals surface area contributed by atoms with E-state index in [1.807, 2.05) is 36.4 Å². The summed E-state index contributed by atoms with van der Waals surface area (Å²) >= 11 is 3.59. The van der Waals surface area contributed by atoms with Crippen molar-refractivity contribution in [3.63, 3.8) is 0 Å². The minimum atomic E-state index is -0.0847. The van der Waals surface area contributed by atoms with Crippen LogP contribution in [0.3, 0.4) is 0 Å². The third-order valence-electron chi connectivity index (χ3n) is 3.37. The normalized spacial score (nSPS) is 12.5. The van der Waals surface area contributed by atoms with Gasteiger partial charge in [-0.25, -0.2) is 5.43 Å². The number of nitrogens with zero attached hydrogens (tertiary/aromatic N) is 1. The zero-order chi connectivity index (χ0) is 13.9. The van der Waals surface area contributed by atoms with E-state index in [1.165, 1.54) is 0 Å². The average Bonchev–Trinajstić information content (AvgIpc) is 2.50. The number of pyridine rings is 1. The molecule has 0 aliphatic carbocycles. The van der Waals surface area contributed by atoms with Crippen molar-refractivity contribution in [2.45, 2.75) is 6.04 Å². The number of aromatic nitrogens is 1. The SMILES string of the molecule is NNC(c1ccccc1Br)c1cccc2ncccc12. The van der Waals surface area contributed by atoms with Gasteiger partial charge in [0.05, 0.1) is 11.6 Å². The Morgan fingerprint density at radius 3 is 2.55 bits per heavy atom. The van der Waals surface area contributed by atoms with Gasteiger partial charge in [-0.05, 0) is 29.3 Å². The van der Waals surface area contributed by atoms with Crippen LogP contribution in [0.5, 0.6) is 0 Å². The molecule has 1 atom stereocenters. The van der Waals surface area contributed by atoms with Gasteiger partial charge in [-0.15, -0.1) is 0 Å². The molecule has 4 heteroatoms. The van der Waals surface area contributed by atoms with Gasteiger partial charge in [-0.1, -0.05) is 52.3 Å². The Labute approximate surface area is 125 Å². The van der Waals surface area contributed by atoms with E-state index in [2.05, 4.69) is 44.5 Å². The molecule has 0 saturated carbocycles. The minimum absolute atomic E-state index is 0.0847. The molecule has 0 amide bonds. The van der Waals surface area contributed by atoms with Crippen molar-refractivity contribution in [2.24, 2.45) is 5.84 Å². The van der Waals surface area contributed by atoms with Crippen LogP contribution in [-0.2, 0) is 0 Å². The highest BCUT2D eigenvalue weighted by Gasteiger charge is 2.17. The van der Waals surface area contributed by atoms with E-state index in [1.54, 1.807) is 6.20 Å². The Hall–Kier alpha value is -1.75. The van der Waals surface area contributed by atoms with Gasteiger partial charge in [0.25, 0.3) is 0 Å². The number of rotatable bonds is 3. The maximum absolute atomic E-state index is 5.81. The van der Waals surface area contributed by atoms with Crippen molar-refractivity contribution in [3.05, 3.63) is 76.4 Å². The molecule has 3 aromatic rings. The topological polar surface area (TPSA) is 50.9 Å². The molecule has 20 heavy (non-hydrogen) atoms. The molecular weight excluding hydrogens is 314 g/mol. The van der Waals surface area contributed by atoms with E-state index >= 15 is 0 Å². The van der Waals surface area contributed by atoms with E-state index in [9.17, 15) is 0 Å². The van der Waals surface area contributed by atoms with Crippen LogP contribution in [0.1, 0.15) is 17.2 Å². The molecule has 0 aliphatic heterocycles. The predicted octanol–water partition coefficient (Wildman–Crippen LogP) is 3.55. The Morgan fingerprint density at radius 2 is 1.75 bits per heavy atom. The fraction of sp³-hybridized carbons (Fsp3) is 0.0625. The molecule has 100 valence electrons. The summed E-state index contributed by atoms with van der Waals surface area (Å²) in [6.45, 7) is 0. The van der Waals surface area contributed by atoms with Crippen LogP contribution in [0, 0.1) is 0 Å². The smallest absolute Gasteiger partial charge is 0.0727 e. The Balaban J connectivity index is 2.20.